The maximum Gasteiger partial charge on any atom is 0.195 e. The van der Waals surface area contributed by atoms with E-state index in [9.17, 15) is 4.79 Å². The zero-order chi connectivity index (χ0) is 15.3. The van der Waals surface area contributed by atoms with E-state index >= 15 is 0 Å². The molecule has 0 amide bonds. The average Bonchev–Trinajstić information content (AvgIpc) is 2.48. The first-order valence-electron chi connectivity index (χ1n) is 7.10. The van der Waals surface area contributed by atoms with Crippen molar-refractivity contribution in [3.8, 4) is 0 Å². The molecule has 2 aromatic rings. The second-order valence-electron chi connectivity index (χ2n) is 6.01. The van der Waals surface area contributed by atoms with E-state index in [0.717, 1.165) is 5.56 Å². The SMILES string of the molecule is CC(C)(C)N/C=C(/C(=O)c1ccccc1)c1ccccc1. The van der Waals surface area contributed by atoms with E-state index in [1.165, 1.54) is 0 Å². The van der Waals surface area contributed by atoms with Crippen LogP contribution >= 0.6 is 0 Å². The molecule has 0 aliphatic rings. The third-order valence-electron chi connectivity index (χ3n) is 3.01. The monoisotopic (exact) mass is 279 g/mol. The van der Waals surface area contributed by atoms with Crippen molar-refractivity contribution in [2.24, 2.45) is 0 Å². The van der Waals surface area contributed by atoms with Crippen LogP contribution in [0, 0.1) is 0 Å². The summed E-state index contributed by atoms with van der Waals surface area (Å²) in [6.45, 7) is 6.21. The number of benzene rings is 2. The van der Waals surface area contributed by atoms with Gasteiger partial charge in [0.05, 0.1) is 0 Å². The Hall–Kier alpha value is -2.35. The van der Waals surface area contributed by atoms with Crippen LogP contribution in [0.1, 0.15) is 36.7 Å². The summed E-state index contributed by atoms with van der Waals surface area (Å²) in [5.74, 6) is 0.0264. The van der Waals surface area contributed by atoms with Crippen molar-refractivity contribution >= 4 is 11.4 Å². The highest BCUT2D eigenvalue weighted by molar-refractivity contribution is 6.28. The lowest BCUT2D eigenvalue weighted by atomic mass is 9.97. The summed E-state index contributed by atoms with van der Waals surface area (Å²) in [7, 11) is 0. The molecule has 108 valence electrons. The number of hydrogen-bond donors (Lipinski definition) is 1. The van der Waals surface area contributed by atoms with Gasteiger partial charge in [-0.1, -0.05) is 60.7 Å². The number of nitrogens with one attached hydrogen (secondary N) is 1. The number of ketones is 1. The van der Waals surface area contributed by atoms with Gasteiger partial charge in [0.1, 0.15) is 0 Å². The molecule has 0 fully saturated rings. The van der Waals surface area contributed by atoms with E-state index in [1.807, 2.05) is 66.9 Å². The number of carbonyl (C=O) groups excluding carboxylic acids is 1. The van der Waals surface area contributed by atoms with Crippen LogP contribution in [0.25, 0.3) is 5.57 Å². The van der Waals surface area contributed by atoms with Gasteiger partial charge in [0.15, 0.2) is 5.78 Å². The predicted octanol–water partition coefficient (Wildman–Crippen LogP) is 4.30. The molecular formula is C19H21NO. The minimum Gasteiger partial charge on any atom is -0.386 e. The third kappa shape index (κ3) is 4.32. The van der Waals surface area contributed by atoms with Crippen LogP contribution < -0.4 is 5.32 Å². The molecule has 2 rings (SSSR count). The molecule has 0 spiro atoms. The largest absolute Gasteiger partial charge is 0.386 e. The summed E-state index contributed by atoms with van der Waals surface area (Å²) in [5.41, 5.74) is 2.21. The van der Waals surface area contributed by atoms with E-state index in [1.54, 1.807) is 0 Å². The summed E-state index contributed by atoms with van der Waals surface area (Å²) in [4.78, 5) is 12.8. The van der Waals surface area contributed by atoms with Gasteiger partial charge in [0, 0.05) is 22.9 Å². The lowest BCUT2D eigenvalue weighted by Crippen LogP contribution is -2.31. The zero-order valence-corrected chi connectivity index (χ0v) is 12.8. The predicted molar refractivity (Wildman–Crippen MR) is 88.1 cm³/mol. The number of rotatable bonds is 4. The number of hydrogen-bond acceptors (Lipinski definition) is 2. The Labute approximate surface area is 126 Å². The van der Waals surface area contributed by atoms with Crippen molar-refractivity contribution in [1.82, 2.24) is 5.32 Å². The van der Waals surface area contributed by atoms with Crippen LogP contribution in [0.15, 0.2) is 66.9 Å². The molecule has 0 aromatic heterocycles. The van der Waals surface area contributed by atoms with Crippen LogP contribution in [-0.4, -0.2) is 11.3 Å². The molecular weight excluding hydrogens is 258 g/mol. The number of carbonyl (C=O) groups is 1. The molecule has 0 aliphatic heterocycles. The molecule has 2 aromatic carbocycles. The Balaban J connectivity index is 2.39. The highest BCUT2D eigenvalue weighted by Gasteiger charge is 2.15. The normalized spacial score (nSPS) is 12.0. The minimum atomic E-state index is -0.0863. The van der Waals surface area contributed by atoms with E-state index in [0.29, 0.717) is 11.1 Å². The fourth-order valence-corrected chi connectivity index (χ4v) is 1.93. The molecule has 21 heavy (non-hydrogen) atoms. The molecule has 1 N–H and O–H groups in total. The van der Waals surface area contributed by atoms with E-state index in [-0.39, 0.29) is 11.3 Å². The first-order valence-corrected chi connectivity index (χ1v) is 7.10. The zero-order valence-electron chi connectivity index (χ0n) is 12.8. The Morgan fingerprint density at radius 1 is 0.857 bits per heavy atom. The Bertz CT molecular complexity index is 622. The van der Waals surface area contributed by atoms with Crippen molar-refractivity contribution in [3.05, 3.63) is 78.0 Å². The van der Waals surface area contributed by atoms with Crippen LogP contribution in [0.2, 0.25) is 0 Å². The second-order valence-corrected chi connectivity index (χ2v) is 6.01. The molecule has 0 aliphatic carbocycles. The molecule has 0 unspecified atom stereocenters. The van der Waals surface area contributed by atoms with Crippen LogP contribution in [0.4, 0.5) is 0 Å². The van der Waals surface area contributed by atoms with Crippen molar-refractivity contribution in [3.63, 3.8) is 0 Å². The summed E-state index contributed by atoms with van der Waals surface area (Å²) in [5, 5.41) is 3.29. The summed E-state index contributed by atoms with van der Waals surface area (Å²) in [6.07, 6.45) is 1.82. The molecule has 0 bridgehead atoms. The lowest BCUT2D eigenvalue weighted by Gasteiger charge is -2.20. The van der Waals surface area contributed by atoms with Crippen LogP contribution in [0.3, 0.4) is 0 Å². The highest BCUT2D eigenvalue weighted by Crippen LogP contribution is 2.19. The summed E-state index contributed by atoms with van der Waals surface area (Å²) in [6, 6.07) is 19.1. The standard InChI is InChI=1S/C19H21NO/c1-19(2,3)20-14-17(15-10-6-4-7-11-15)18(21)16-12-8-5-9-13-16/h4-14,20H,1-3H3/b17-14+. The third-order valence-corrected chi connectivity index (χ3v) is 3.01. The fourth-order valence-electron chi connectivity index (χ4n) is 1.93. The van der Waals surface area contributed by atoms with Crippen LogP contribution in [-0.2, 0) is 0 Å². The van der Waals surface area contributed by atoms with Gasteiger partial charge in [-0.3, -0.25) is 4.79 Å². The molecule has 2 heteroatoms. The Kier molecular flexibility index (Phi) is 4.59. The van der Waals surface area contributed by atoms with Gasteiger partial charge in [-0.15, -0.1) is 0 Å². The lowest BCUT2D eigenvalue weighted by molar-refractivity contribution is 0.105. The molecule has 0 saturated carbocycles. The van der Waals surface area contributed by atoms with Crippen molar-refractivity contribution in [2.75, 3.05) is 0 Å². The van der Waals surface area contributed by atoms with E-state index in [2.05, 4.69) is 26.1 Å². The van der Waals surface area contributed by atoms with Gasteiger partial charge >= 0.3 is 0 Å². The smallest absolute Gasteiger partial charge is 0.195 e. The maximum atomic E-state index is 12.8. The quantitative estimate of drug-likeness (QED) is 0.668. The Morgan fingerprint density at radius 2 is 1.33 bits per heavy atom. The number of allylic oxidation sites excluding steroid dienone is 1. The second kappa shape index (κ2) is 6.40. The van der Waals surface area contributed by atoms with E-state index in [4.69, 9.17) is 0 Å². The van der Waals surface area contributed by atoms with Gasteiger partial charge in [-0.2, -0.15) is 0 Å². The van der Waals surface area contributed by atoms with Gasteiger partial charge in [-0.05, 0) is 26.3 Å². The van der Waals surface area contributed by atoms with Gasteiger partial charge in [0.25, 0.3) is 0 Å². The minimum absolute atomic E-state index is 0.0264. The van der Waals surface area contributed by atoms with Gasteiger partial charge < -0.3 is 5.32 Å². The topological polar surface area (TPSA) is 29.1 Å². The first-order chi connectivity index (χ1) is 9.97. The summed E-state index contributed by atoms with van der Waals surface area (Å²) < 4.78 is 0. The van der Waals surface area contributed by atoms with Crippen LogP contribution in [0.5, 0.6) is 0 Å². The van der Waals surface area contributed by atoms with Crippen molar-refractivity contribution in [1.29, 1.82) is 0 Å². The molecule has 0 saturated heterocycles. The van der Waals surface area contributed by atoms with Crippen molar-refractivity contribution < 1.29 is 4.79 Å². The first kappa shape index (κ1) is 15.0. The fraction of sp³-hybridized carbons (Fsp3) is 0.211. The van der Waals surface area contributed by atoms with Crippen molar-refractivity contribution in [2.45, 2.75) is 26.3 Å². The summed E-state index contributed by atoms with van der Waals surface area (Å²) >= 11 is 0. The molecule has 0 radical (unpaired) electrons. The number of Topliss-reactive ketones (excluding diaryl/α,β-unsaturated/α-hetero) is 1. The van der Waals surface area contributed by atoms with E-state index < -0.39 is 0 Å². The van der Waals surface area contributed by atoms with Gasteiger partial charge in [-0.25, -0.2) is 0 Å². The highest BCUT2D eigenvalue weighted by atomic mass is 16.1. The average molecular weight is 279 g/mol. The molecule has 2 nitrogen and oxygen atoms in total. The molecule has 0 heterocycles. The maximum absolute atomic E-state index is 12.8. The van der Waals surface area contributed by atoms with Gasteiger partial charge in [0.2, 0.25) is 0 Å². The molecule has 0 atom stereocenters. The Morgan fingerprint density at radius 3 is 1.81 bits per heavy atom.